The van der Waals surface area contributed by atoms with Crippen LogP contribution in [0, 0.1) is 43.3 Å². The van der Waals surface area contributed by atoms with Gasteiger partial charge in [0.15, 0.2) is 11.5 Å². The molecule has 0 saturated heterocycles. The fourth-order valence-electron chi connectivity index (χ4n) is 7.08. The van der Waals surface area contributed by atoms with Gasteiger partial charge >= 0.3 is 5.79 Å². The monoisotopic (exact) mass is 760 g/mol. The van der Waals surface area contributed by atoms with E-state index in [1.807, 2.05) is 0 Å². The lowest BCUT2D eigenvalue weighted by atomic mass is 9.79. The molecular formula is C42H49FN2O10. The zero-order valence-electron chi connectivity index (χ0n) is 32.2. The predicted molar refractivity (Wildman–Crippen MR) is 203 cm³/mol. The number of phenolic OH excluding ortho intramolecular Hbond substituents is 1. The van der Waals surface area contributed by atoms with E-state index in [9.17, 15) is 39.2 Å². The van der Waals surface area contributed by atoms with Crippen molar-refractivity contribution < 1.29 is 53.4 Å². The number of Topliss-reactive ketones (excluding diaryl/α,β-unsaturated/α-hetero) is 2. The van der Waals surface area contributed by atoms with E-state index in [2.05, 4.69) is 11.9 Å². The van der Waals surface area contributed by atoms with Gasteiger partial charge in [-0.3, -0.25) is 14.4 Å². The molecule has 2 aromatic carbocycles. The van der Waals surface area contributed by atoms with Gasteiger partial charge in [0.1, 0.15) is 23.0 Å². The van der Waals surface area contributed by atoms with Crippen LogP contribution in [0.1, 0.15) is 85.4 Å². The van der Waals surface area contributed by atoms with Crippen LogP contribution in [0.25, 0.3) is 5.57 Å². The minimum absolute atomic E-state index is 0.0505. The van der Waals surface area contributed by atoms with Crippen molar-refractivity contribution in [2.45, 2.75) is 85.9 Å². The Bertz CT molecular complexity index is 2080. The summed E-state index contributed by atoms with van der Waals surface area (Å²) in [6.45, 7) is 16.9. The first-order valence-electron chi connectivity index (χ1n) is 18.1. The second-order valence-corrected chi connectivity index (χ2v) is 15.0. The Labute approximate surface area is 319 Å². The molecule has 0 spiro atoms. The highest BCUT2D eigenvalue weighted by Gasteiger charge is 2.52. The zero-order valence-corrected chi connectivity index (χ0v) is 32.2. The van der Waals surface area contributed by atoms with Gasteiger partial charge in [0.25, 0.3) is 11.7 Å². The smallest absolute Gasteiger partial charge is 0.312 e. The molecule has 13 heteroatoms. The number of aliphatic hydroxyl groups excluding tert-OH is 3. The Kier molecular flexibility index (Phi) is 11.5. The molecule has 0 unspecified atom stereocenters. The predicted octanol–water partition coefficient (Wildman–Crippen LogP) is 5.70. The van der Waals surface area contributed by atoms with E-state index in [0.717, 1.165) is 6.07 Å². The quantitative estimate of drug-likeness (QED) is 0.205. The lowest BCUT2D eigenvalue weighted by Crippen LogP contribution is -2.42. The van der Waals surface area contributed by atoms with Crippen molar-refractivity contribution >= 4 is 28.7 Å². The van der Waals surface area contributed by atoms with E-state index < -0.39 is 76.6 Å². The molecular weight excluding hydrogens is 711 g/mol. The summed E-state index contributed by atoms with van der Waals surface area (Å²) in [4.78, 5) is 42.4. The second kappa shape index (κ2) is 15.5. The fraction of sp³-hybridized carbons (Fsp3) is 0.405. The van der Waals surface area contributed by atoms with Crippen molar-refractivity contribution in [3.05, 3.63) is 99.9 Å². The molecule has 1 aliphatic carbocycles. The van der Waals surface area contributed by atoms with Crippen molar-refractivity contribution in [2.24, 2.45) is 23.7 Å². The number of nitrogens with one attached hydrogen (secondary N) is 1. The number of aromatic hydroxyl groups is 1. The van der Waals surface area contributed by atoms with Gasteiger partial charge in [0.05, 0.1) is 41.4 Å². The molecule has 0 aromatic heterocycles. The molecule has 3 aliphatic heterocycles. The summed E-state index contributed by atoms with van der Waals surface area (Å²) in [6, 6.07) is 2.34. The van der Waals surface area contributed by atoms with Crippen molar-refractivity contribution in [2.75, 3.05) is 5.73 Å². The molecule has 2 aromatic rings. The third-order valence-corrected chi connectivity index (χ3v) is 10.9. The number of amides is 1. The highest BCUT2D eigenvalue weighted by molar-refractivity contribution is 6.24. The first kappa shape index (κ1) is 40.9. The summed E-state index contributed by atoms with van der Waals surface area (Å²) in [7, 11) is 0. The van der Waals surface area contributed by atoms with Crippen LogP contribution >= 0.6 is 0 Å². The number of carbonyl (C=O) groups excluding carboxylic acids is 3. The number of benzene rings is 2. The number of hydrogen-bond acceptors (Lipinski definition) is 11. The molecule has 55 heavy (non-hydrogen) atoms. The molecule has 4 aliphatic rings. The third kappa shape index (κ3) is 7.43. The van der Waals surface area contributed by atoms with Crippen LogP contribution in [0.2, 0.25) is 0 Å². The average Bonchev–Trinajstić information content (AvgIpc) is 3.41. The molecule has 1 amide bonds. The number of allylic oxidation sites excluding steroid dienone is 5. The largest absolute Gasteiger partial charge is 0.507 e. The number of rotatable bonds is 2. The van der Waals surface area contributed by atoms with Crippen LogP contribution in [0.4, 0.5) is 10.1 Å². The molecule has 0 fully saturated rings. The number of halogens is 1. The number of hydrogen-bond donors (Lipinski definition) is 6. The molecule has 0 saturated carbocycles. The Morgan fingerprint density at radius 3 is 2.31 bits per heavy atom. The summed E-state index contributed by atoms with van der Waals surface area (Å²) in [5, 5.41) is 47.4. The first-order chi connectivity index (χ1) is 25.7. The second-order valence-electron chi connectivity index (χ2n) is 15.0. The van der Waals surface area contributed by atoms with Crippen LogP contribution in [0.15, 0.2) is 66.3 Å². The maximum Gasteiger partial charge on any atom is 0.312 e. The number of anilines is 1. The summed E-state index contributed by atoms with van der Waals surface area (Å²) in [5.41, 5.74) is 5.21. The highest BCUT2D eigenvalue weighted by Crippen LogP contribution is 2.51. The van der Waals surface area contributed by atoms with Crippen LogP contribution in [-0.4, -0.2) is 62.0 Å². The number of phenols is 1. The number of ether oxygens (including phenoxy) is 3. The maximum absolute atomic E-state index is 14.5. The number of carbonyl (C=O) groups is 3. The average molecular weight is 761 g/mol. The van der Waals surface area contributed by atoms with Gasteiger partial charge in [-0.15, -0.1) is 0 Å². The Hall–Kier alpha value is -5.24. The number of fused-ring (bicyclic) bond motifs is 14. The Balaban J connectivity index is 1.68. The number of aryl methyl sites for hydroxylation is 1. The lowest BCUT2D eigenvalue weighted by molar-refractivity contribution is -0.116. The SMILES string of the molecule is C=C1C(Oc2cc(C)c(F)cc2N)=C2NC(=O)/C(C)=C\C=C\[C@H](C)[C@H](O)[C@@H](C)[C@@H](O)[C@@H](C)[C@H](O)[C@H](C)C/C=C/O[C@@]3(C)Oc4c(C)c(O)c(c1c4C3=O)C2=O. The molecule has 3 heterocycles. The van der Waals surface area contributed by atoms with Crippen molar-refractivity contribution in [1.29, 1.82) is 0 Å². The summed E-state index contributed by atoms with van der Waals surface area (Å²) in [6.07, 6.45) is 4.76. The maximum atomic E-state index is 14.5. The van der Waals surface area contributed by atoms with Crippen LogP contribution in [0.5, 0.6) is 17.2 Å². The molecule has 5 bridgehead atoms. The molecule has 6 rings (SSSR count). The number of nitrogens with two attached hydrogens (primary N) is 1. The van der Waals surface area contributed by atoms with Crippen molar-refractivity contribution in [3.63, 3.8) is 0 Å². The van der Waals surface area contributed by atoms with Gasteiger partial charge in [-0.2, -0.15) is 0 Å². The summed E-state index contributed by atoms with van der Waals surface area (Å²) in [5.74, 6) is -8.05. The van der Waals surface area contributed by atoms with E-state index in [1.54, 1.807) is 45.9 Å². The minimum atomic E-state index is -1.97. The van der Waals surface area contributed by atoms with Crippen molar-refractivity contribution in [1.82, 2.24) is 5.32 Å². The zero-order chi connectivity index (χ0) is 40.8. The lowest BCUT2D eigenvalue weighted by Gasteiger charge is -2.34. The number of nitrogen functional groups attached to an aromatic ring is 1. The number of ketones is 2. The van der Waals surface area contributed by atoms with Gasteiger partial charge in [0, 0.05) is 53.0 Å². The van der Waals surface area contributed by atoms with E-state index >= 15 is 0 Å². The van der Waals surface area contributed by atoms with Gasteiger partial charge in [-0.1, -0.05) is 52.5 Å². The van der Waals surface area contributed by atoms with E-state index in [4.69, 9.17) is 19.9 Å². The Morgan fingerprint density at radius 2 is 1.64 bits per heavy atom. The van der Waals surface area contributed by atoms with Gasteiger partial charge in [-0.25, -0.2) is 4.39 Å². The molecule has 294 valence electrons. The number of aliphatic hydroxyl groups is 3. The topological polar surface area (TPSA) is 198 Å². The normalized spacial score (nSPS) is 31.3. The van der Waals surface area contributed by atoms with E-state index in [0.29, 0.717) is 0 Å². The molecule has 0 radical (unpaired) electrons. The standard InChI is InChI=1S/C42H49FN2O10/c1-18-12-10-13-20(3)41(52)45-32-37(50)30-29(22(5)39(32)54-28-16-21(4)26(43)17-27(28)44)31-38(25(8)36(30)49)55-42(9,40(31)51)53-15-11-14-19(2)34(47)24(7)35(48)23(6)33(18)46/h10-13,15-19,23-24,33-35,46-49H,5,14,44H2,1-4,6-9H3,(H,45,52)/b12-10+,15-11+,20-13-/t18-,19+,23+,24-,33-,34+,35+,42-/m0/s1. The van der Waals surface area contributed by atoms with E-state index in [-0.39, 0.29) is 74.2 Å². The minimum Gasteiger partial charge on any atom is -0.507 e. The van der Waals surface area contributed by atoms with Crippen LogP contribution < -0.4 is 20.5 Å². The van der Waals surface area contributed by atoms with Crippen LogP contribution in [-0.2, 0) is 9.53 Å². The fourth-order valence-corrected chi connectivity index (χ4v) is 7.08. The Morgan fingerprint density at radius 1 is 0.982 bits per heavy atom. The molecule has 12 nitrogen and oxygen atoms in total. The molecule has 8 atom stereocenters. The highest BCUT2D eigenvalue weighted by atomic mass is 19.1. The van der Waals surface area contributed by atoms with E-state index in [1.165, 1.54) is 46.1 Å². The summed E-state index contributed by atoms with van der Waals surface area (Å²) >= 11 is 0. The van der Waals surface area contributed by atoms with Gasteiger partial charge in [0.2, 0.25) is 5.78 Å². The molecule has 7 N–H and O–H groups in total. The third-order valence-electron chi connectivity index (χ3n) is 10.9. The van der Waals surface area contributed by atoms with Crippen molar-refractivity contribution in [3.8, 4) is 17.2 Å². The summed E-state index contributed by atoms with van der Waals surface area (Å²) < 4.78 is 32.5. The van der Waals surface area contributed by atoms with Gasteiger partial charge in [-0.05, 0) is 50.8 Å². The van der Waals surface area contributed by atoms with Gasteiger partial charge < -0.3 is 45.7 Å². The first-order valence-corrected chi connectivity index (χ1v) is 18.1. The van der Waals surface area contributed by atoms with Crippen LogP contribution in [0.3, 0.4) is 0 Å².